The summed E-state index contributed by atoms with van der Waals surface area (Å²) in [6.07, 6.45) is 0. The van der Waals surface area contributed by atoms with Crippen LogP contribution in [-0.4, -0.2) is 6.71 Å². The molecule has 0 atom stereocenters. The summed E-state index contributed by atoms with van der Waals surface area (Å²) in [5.74, 6) is 0. The Morgan fingerprint density at radius 2 is 1.05 bits per heavy atom. The molecule has 8 aromatic carbocycles. The number of rotatable bonds is 3. The Bertz CT molecular complexity index is 3410. The molecule has 3 aliphatic rings. The SMILES string of the molecule is Cc1cc2c3c(c1)N(c1ccc4c(c1)C(C)(C)c1ccccc1-4)c1ccc(C(C)(C)C)cc1B3c1cc(C(C)(C)C)ccc1N2c1ccc(-c2cccc3c2oc2ccccc23)cc1. The Balaban J connectivity index is 1.09. The molecule has 1 aromatic heterocycles. The maximum atomic E-state index is 6.51. The van der Waals surface area contributed by atoms with Crippen LogP contribution in [0.2, 0.25) is 0 Å². The third-order valence-corrected chi connectivity index (χ3v) is 14.6. The fraction of sp³-hybridized carbons (Fsp3) is 0.200. The minimum absolute atomic E-state index is 0.0230. The largest absolute Gasteiger partial charge is 0.455 e. The van der Waals surface area contributed by atoms with Gasteiger partial charge < -0.3 is 14.2 Å². The fourth-order valence-electron chi connectivity index (χ4n) is 11.2. The average Bonchev–Trinajstić information content (AvgIpc) is 3.77. The number of hydrogen-bond donors (Lipinski definition) is 0. The van der Waals surface area contributed by atoms with E-state index in [0.717, 1.165) is 38.8 Å². The van der Waals surface area contributed by atoms with Gasteiger partial charge in [0, 0.05) is 55.9 Å². The highest BCUT2D eigenvalue weighted by molar-refractivity contribution is 7.00. The maximum absolute atomic E-state index is 6.51. The van der Waals surface area contributed by atoms with E-state index < -0.39 is 0 Å². The summed E-state index contributed by atoms with van der Waals surface area (Å²) in [4.78, 5) is 5.12. The van der Waals surface area contributed by atoms with Gasteiger partial charge in [0.2, 0.25) is 0 Å². The van der Waals surface area contributed by atoms with Crippen molar-refractivity contribution in [2.24, 2.45) is 0 Å². The Kier molecular flexibility index (Phi) is 8.12. The zero-order chi connectivity index (χ0) is 44.0. The highest BCUT2D eigenvalue weighted by atomic mass is 16.3. The molecule has 312 valence electrons. The van der Waals surface area contributed by atoms with E-state index in [1.807, 2.05) is 6.07 Å². The van der Waals surface area contributed by atoms with Gasteiger partial charge in [0.25, 0.3) is 6.71 Å². The monoisotopic (exact) mass is 828 g/mol. The van der Waals surface area contributed by atoms with Crippen molar-refractivity contribution in [1.29, 1.82) is 0 Å². The number of anilines is 6. The van der Waals surface area contributed by atoms with E-state index in [4.69, 9.17) is 4.42 Å². The highest BCUT2D eigenvalue weighted by Crippen LogP contribution is 2.52. The summed E-state index contributed by atoms with van der Waals surface area (Å²) in [5.41, 5.74) is 24.6. The van der Waals surface area contributed by atoms with Gasteiger partial charge in [-0.1, -0.05) is 159 Å². The predicted octanol–water partition coefficient (Wildman–Crippen LogP) is 14.5. The smallest absolute Gasteiger partial charge is 0.252 e. The normalized spacial score (nSPS) is 14.7. The average molecular weight is 829 g/mol. The molecule has 0 bridgehead atoms. The molecule has 3 nitrogen and oxygen atoms in total. The zero-order valence-electron chi connectivity index (χ0n) is 38.4. The van der Waals surface area contributed by atoms with Gasteiger partial charge in [0.15, 0.2) is 0 Å². The quantitative estimate of drug-likeness (QED) is 0.165. The van der Waals surface area contributed by atoms with Crippen molar-refractivity contribution in [1.82, 2.24) is 0 Å². The first-order chi connectivity index (χ1) is 30.7. The number of nitrogens with zero attached hydrogens (tertiary/aromatic N) is 2. The Morgan fingerprint density at radius 1 is 0.484 bits per heavy atom. The van der Waals surface area contributed by atoms with Crippen LogP contribution < -0.4 is 26.2 Å². The Hall–Kier alpha value is -6.78. The number of furan rings is 1. The zero-order valence-corrected chi connectivity index (χ0v) is 38.4. The number of aryl methyl sites for hydroxylation is 1. The molecule has 0 radical (unpaired) electrons. The van der Waals surface area contributed by atoms with Crippen LogP contribution in [0.25, 0.3) is 44.2 Å². The van der Waals surface area contributed by atoms with E-state index in [1.54, 1.807) is 0 Å². The van der Waals surface area contributed by atoms with E-state index in [1.165, 1.54) is 83.8 Å². The number of para-hydroxylation sites is 2. The maximum Gasteiger partial charge on any atom is 0.252 e. The summed E-state index contributed by atoms with van der Waals surface area (Å²) in [6.45, 7) is 21.1. The van der Waals surface area contributed by atoms with Crippen molar-refractivity contribution in [2.75, 3.05) is 9.80 Å². The third-order valence-electron chi connectivity index (χ3n) is 14.6. The lowest BCUT2D eigenvalue weighted by molar-refractivity contribution is 0.590. The lowest BCUT2D eigenvalue weighted by Gasteiger charge is -2.45. The predicted molar refractivity (Wildman–Crippen MR) is 273 cm³/mol. The summed E-state index contributed by atoms with van der Waals surface area (Å²) in [6, 6.07) is 59.6. The first-order valence-electron chi connectivity index (χ1n) is 23.0. The van der Waals surface area contributed by atoms with Crippen molar-refractivity contribution < 1.29 is 4.42 Å². The third kappa shape index (κ3) is 5.60. The van der Waals surface area contributed by atoms with Gasteiger partial charge in [-0.15, -0.1) is 0 Å². The molecule has 2 aliphatic heterocycles. The van der Waals surface area contributed by atoms with E-state index in [9.17, 15) is 0 Å². The topological polar surface area (TPSA) is 19.6 Å². The molecule has 4 heteroatoms. The van der Waals surface area contributed by atoms with Gasteiger partial charge in [-0.3, -0.25) is 0 Å². The second kappa shape index (κ2) is 13.4. The van der Waals surface area contributed by atoms with E-state index in [-0.39, 0.29) is 23.0 Å². The van der Waals surface area contributed by atoms with Crippen molar-refractivity contribution >= 4 is 79.2 Å². The molecule has 12 rings (SSSR count). The summed E-state index contributed by atoms with van der Waals surface area (Å²) in [7, 11) is 0. The summed E-state index contributed by atoms with van der Waals surface area (Å²) < 4.78 is 6.51. The first kappa shape index (κ1) is 38.9. The lowest BCUT2D eigenvalue weighted by atomic mass is 9.33. The molecule has 64 heavy (non-hydrogen) atoms. The number of fused-ring (bicyclic) bond motifs is 10. The molecular formula is C60H53BN2O. The van der Waals surface area contributed by atoms with Crippen LogP contribution in [0.3, 0.4) is 0 Å². The summed E-state index contributed by atoms with van der Waals surface area (Å²) >= 11 is 0. The van der Waals surface area contributed by atoms with Crippen molar-refractivity contribution in [3.8, 4) is 22.3 Å². The summed E-state index contributed by atoms with van der Waals surface area (Å²) in [5, 5.41) is 2.29. The van der Waals surface area contributed by atoms with Crippen molar-refractivity contribution in [3.05, 3.63) is 186 Å². The van der Waals surface area contributed by atoms with E-state index in [0.29, 0.717) is 0 Å². The molecule has 0 unspecified atom stereocenters. The van der Waals surface area contributed by atoms with Crippen LogP contribution in [0.15, 0.2) is 162 Å². The highest BCUT2D eigenvalue weighted by Gasteiger charge is 2.45. The van der Waals surface area contributed by atoms with Gasteiger partial charge in [-0.05, 0) is 133 Å². The standard InChI is InChI=1S/C60H53BN2O/c1-36-31-53-56-54(32-36)63(41-27-28-44-43-15-10-12-19-47(43)60(8,9)48(44)35-41)52-30-24-39(59(5,6)7)34-50(52)61(56)49-33-38(58(2,3)4)23-29-51(49)62(53)40-25-21-37(22-26-40)42-17-14-18-46-45-16-11-13-20-55(45)64-57(42)46/h10-35H,1-9H3. The van der Waals surface area contributed by atoms with Crippen molar-refractivity contribution in [2.45, 2.75) is 78.6 Å². The van der Waals surface area contributed by atoms with Crippen LogP contribution in [0.5, 0.6) is 0 Å². The van der Waals surface area contributed by atoms with E-state index in [2.05, 4.69) is 224 Å². The molecule has 0 amide bonds. The van der Waals surface area contributed by atoms with E-state index >= 15 is 0 Å². The number of hydrogen-bond acceptors (Lipinski definition) is 3. The van der Waals surface area contributed by atoms with Crippen LogP contribution >= 0.6 is 0 Å². The van der Waals surface area contributed by atoms with Gasteiger partial charge in [-0.25, -0.2) is 0 Å². The van der Waals surface area contributed by atoms with Crippen LogP contribution in [0, 0.1) is 6.92 Å². The molecule has 0 saturated heterocycles. The Labute approximate surface area is 378 Å². The van der Waals surface area contributed by atoms with Crippen LogP contribution in [0.1, 0.15) is 83.2 Å². The molecule has 3 heterocycles. The van der Waals surface area contributed by atoms with Crippen LogP contribution in [0.4, 0.5) is 34.1 Å². The first-order valence-corrected chi connectivity index (χ1v) is 23.0. The molecule has 0 fully saturated rings. The van der Waals surface area contributed by atoms with Gasteiger partial charge in [0.05, 0.1) is 0 Å². The lowest BCUT2D eigenvalue weighted by Crippen LogP contribution is -2.61. The Morgan fingerprint density at radius 3 is 1.72 bits per heavy atom. The minimum atomic E-state index is -0.119. The second-order valence-corrected chi connectivity index (χ2v) is 21.1. The minimum Gasteiger partial charge on any atom is -0.455 e. The molecule has 9 aromatic rings. The van der Waals surface area contributed by atoms with Crippen LogP contribution in [-0.2, 0) is 16.2 Å². The van der Waals surface area contributed by atoms with Gasteiger partial charge in [-0.2, -0.15) is 0 Å². The number of benzene rings is 8. The second-order valence-electron chi connectivity index (χ2n) is 21.1. The van der Waals surface area contributed by atoms with Crippen molar-refractivity contribution in [3.63, 3.8) is 0 Å². The molecule has 1 aliphatic carbocycles. The molecule has 0 N–H and O–H groups in total. The molecular weight excluding hydrogens is 775 g/mol. The molecule has 0 spiro atoms. The molecule has 0 saturated carbocycles. The van der Waals surface area contributed by atoms with Gasteiger partial charge in [0.1, 0.15) is 11.2 Å². The fourth-order valence-corrected chi connectivity index (χ4v) is 11.2. The van der Waals surface area contributed by atoms with Gasteiger partial charge >= 0.3 is 0 Å².